The van der Waals surface area contributed by atoms with Crippen LogP contribution in [0.15, 0.2) is 18.2 Å². The second kappa shape index (κ2) is 5.35. The molecule has 0 aliphatic heterocycles. The Hall–Kier alpha value is -1.31. The van der Waals surface area contributed by atoms with Gasteiger partial charge in [0.05, 0.1) is 12.7 Å². The molecule has 92 valence electrons. The van der Waals surface area contributed by atoms with Gasteiger partial charge in [0.2, 0.25) is 0 Å². The first kappa shape index (κ1) is 12.2. The molecule has 0 heterocycles. The highest BCUT2D eigenvalue weighted by atomic mass is 16.5. The van der Waals surface area contributed by atoms with Gasteiger partial charge in [0.25, 0.3) is 0 Å². The molecule has 1 aromatic rings. The molecule has 1 fully saturated rings. The number of carbonyl (C=O) groups excluding carboxylic acids is 1. The summed E-state index contributed by atoms with van der Waals surface area (Å²) in [6.45, 7) is 2.01. The number of carbonyl (C=O) groups is 1. The SMILES string of the molecule is COc1cc(C)ccc1C(=O)CC1CCCC1. The molecule has 0 radical (unpaired) electrons. The number of rotatable bonds is 4. The quantitative estimate of drug-likeness (QED) is 0.739. The summed E-state index contributed by atoms with van der Waals surface area (Å²) in [5.41, 5.74) is 1.87. The second-order valence-electron chi connectivity index (χ2n) is 4.98. The zero-order valence-electron chi connectivity index (χ0n) is 10.7. The van der Waals surface area contributed by atoms with E-state index in [0.717, 1.165) is 11.1 Å². The summed E-state index contributed by atoms with van der Waals surface area (Å²) in [6, 6.07) is 5.80. The predicted molar refractivity (Wildman–Crippen MR) is 68.6 cm³/mol. The molecule has 1 aromatic carbocycles. The van der Waals surface area contributed by atoms with Crippen LogP contribution < -0.4 is 4.74 Å². The van der Waals surface area contributed by atoms with Crippen LogP contribution in [0.3, 0.4) is 0 Å². The van der Waals surface area contributed by atoms with Crippen LogP contribution in [0, 0.1) is 12.8 Å². The molecule has 0 unspecified atom stereocenters. The maximum Gasteiger partial charge on any atom is 0.166 e. The molecule has 0 atom stereocenters. The molecule has 1 aliphatic rings. The van der Waals surface area contributed by atoms with Gasteiger partial charge in [-0.2, -0.15) is 0 Å². The highest BCUT2D eigenvalue weighted by Gasteiger charge is 2.21. The number of hydrogen-bond donors (Lipinski definition) is 0. The molecule has 0 aromatic heterocycles. The van der Waals surface area contributed by atoms with Crippen LogP contribution in [-0.2, 0) is 0 Å². The Morgan fingerprint density at radius 2 is 2.06 bits per heavy atom. The lowest BCUT2D eigenvalue weighted by Gasteiger charge is -2.11. The van der Waals surface area contributed by atoms with E-state index in [1.165, 1.54) is 25.7 Å². The van der Waals surface area contributed by atoms with E-state index in [1.54, 1.807) is 7.11 Å². The third-order valence-corrected chi connectivity index (χ3v) is 3.61. The van der Waals surface area contributed by atoms with Gasteiger partial charge in [-0.05, 0) is 30.5 Å². The van der Waals surface area contributed by atoms with Crippen molar-refractivity contribution >= 4 is 5.78 Å². The molecule has 1 aliphatic carbocycles. The van der Waals surface area contributed by atoms with E-state index in [1.807, 2.05) is 25.1 Å². The van der Waals surface area contributed by atoms with E-state index < -0.39 is 0 Å². The van der Waals surface area contributed by atoms with E-state index in [0.29, 0.717) is 18.1 Å². The lowest BCUT2D eigenvalue weighted by Crippen LogP contribution is -2.07. The van der Waals surface area contributed by atoms with Crippen molar-refractivity contribution < 1.29 is 9.53 Å². The van der Waals surface area contributed by atoms with Gasteiger partial charge in [-0.1, -0.05) is 31.7 Å². The summed E-state index contributed by atoms with van der Waals surface area (Å²) >= 11 is 0. The molecule has 2 rings (SSSR count). The highest BCUT2D eigenvalue weighted by Crippen LogP contribution is 2.30. The number of hydrogen-bond acceptors (Lipinski definition) is 2. The lowest BCUT2D eigenvalue weighted by molar-refractivity contribution is 0.0959. The van der Waals surface area contributed by atoms with Crippen LogP contribution >= 0.6 is 0 Å². The standard InChI is InChI=1S/C15H20O2/c1-11-7-8-13(15(9-11)17-2)14(16)10-12-5-3-4-6-12/h7-9,12H,3-6,10H2,1-2H3. The van der Waals surface area contributed by atoms with Crippen LogP contribution in [0.4, 0.5) is 0 Å². The molecular weight excluding hydrogens is 212 g/mol. The lowest BCUT2D eigenvalue weighted by atomic mass is 9.96. The Morgan fingerprint density at radius 3 is 2.71 bits per heavy atom. The third-order valence-electron chi connectivity index (χ3n) is 3.61. The first-order valence-electron chi connectivity index (χ1n) is 6.38. The van der Waals surface area contributed by atoms with Crippen molar-refractivity contribution in [3.05, 3.63) is 29.3 Å². The van der Waals surface area contributed by atoms with E-state index in [2.05, 4.69) is 0 Å². The van der Waals surface area contributed by atoms with Gasteiger partial charge in [-0.25, -0.2) is 0 Å². The van der Waals surface area contributed by atoms with Gasteiger partial charge in [0, 0.05) is 6.42 Å². The Bertz CT molecular complexity index is 403. The summed E-state index contributed by atoms with van der Waals surface area (Å²) in [5, 5.41) is 0. The van der Waals surface area contributed by atoms with E-state index in [-0.39, 0.29) is 5.78 Å². The Kier molecular flexibility index (Phi) is 3.82. The minimum absolute atomic E-state index is 0.230. The number of Topliss-reactive ketones (excluding diaryl/α,β-unsaturated/α-hetero) is 1. The van der Waals surface area contributed by atoms with E-state index in [9.17, 15) is 4.79 Å². The van der Waals surface area contributed by atoms with Crippen LogP contribution in [0.25, 0.3) is 0 Å². The molecule has 0 saturated heterocycles. The van der Waals surface area contributed by atoms with Crippen molar-refractivity contribution in [2.75, 3.05) is 7.11 Å². The molecule has 2 heteroatoms. The van der Waals surface area contributed by atoms with E-state index >= 15 is 0 Å². The zero-order valence-corrected chi connectivity index (χ0v) is 10.7. The van der Waals surface area contributed by atoms with Gasteiger partial charge in [0.1, 0.15) is 5.75 Å². The predicted octanol–water partition coefficient (Wildman–Crippen LogP) is 3.77. The van der Waals surface area contributed by atoms with Crippen LogP contribution in [0.5, 0.6) is 5.75 Å². The summed E-state index contributed by atoms with van der Waals surface area (Å²) in [5.74, 6) is 1.54. The van der Waals surface area contributed by atoms with Crippen molar-refractivity contribution in [2.45, 2.75) is 39.0 Å². The van der Waals surface area contributed by atoms with Crippen LogP contribution in [-0.4, -0.2) is 12.9 Å². The Balaban J connectivity index is 2.12. The first-order chi connectivity index (χ1) is 8.20. The topological polar surface area (TPSA) is 26.3 Å². The fourth-order valence-corrected chi connectivity index (χ4v) is 2.62. The minimum Gasteiger partial charge on any atom is -0.496 e. The summed E-state index contributed by atoms with van der Waals surface area (Å²) in [4.78, 5) is 12.2. The van der Waals surface area contributed by atoms with Crippen molar-refractivity contribution in [3.63, 3.8) is 0 Å². The maximum atomic E-state index is 12.2. The average Bonchev–Trinajstić information content (AvgIpc) is 2.81. The van der Waals surface area contributed by atoms with Crippen molar-refractivity contribution in [3.8, 4) is 5.75 Å². The Labute approximate surface area is 103 Å². The zero-order chi connectivity index (χ0) is 12.3. The van der Waals surface area contributed by atoms with Crippen LogP contribution in [0.2, 0.25) is 0 Å². The number of methoxy groups -OCH3 is 1. The highest BCUT2D eigenvalue weighted by molar-refractivity contribution is 5.98. The summed E-state index contributed by atoms with van der Waals surface area (Å²) < 4.78 is 5.29. The van der Waals surface area contributed by atoms with Gasteiger partial charge in [-0.3, -0.25) is 4.79 Å². The van der Waals surface area contributed by atoms with Crippen molar-refractivity contribution in [1.82, 2.24) is 0 Å². The number of ketones is 1. The largest absolute Gasteiger partial charge is 0.496 e. The first-order valence-corrected chi connectivity index (χ1v) is 6.38. The average molecular weight is 232 g/mol. The van der Waals surface area contributed by atoms with Crippen molar-refractivity contribution in [2.24, 2.45) is 5.92 Å². The maximum absolute atomic E-state index is 12.2. The molecule has 0 bridgehead atoms. The normalized spacial score (nSPS) is 16.1. The van der Waals surface area contributed by atoms with E-state index in [4.69, 9.17) is 4.74 Å². The molecular formula is C15H20O2. The number of ether oxygens (including phenoxy) is 1. The van der Waals surface area contributed by atoms with Gasteiger partial charge in [-0.15, -0.1) is 0 Å². The molecule has 1 saturated carbocycles. The smallest absolute Gasteiger partial charge is 0.166 e. The van der Waals surface area contributed by atoms with Gasteiger partial charge >= 0.3 is 0 Å². The molecule has 0 N–H and O–H groups in total. The summed E-state index contributed by atoms with van der Waals surface area (Å²) in [6.07, 6.45) is 5.66. The van der Waals surface area contributed by atoms with Crippen LogP contribution in [0.1, 0.15) is 48.0 Å². The molecule has 17 heavy (non-hydrogen) atoms. The number of aryl methyl sites for hydroxylation is 1. The molecule has 2 nitrogen and oxygen atoms in total. The summed E-state index contributed by atoms with van der Waals surface area (Å²) in [7, 11) is 1.63. The Morgan fingerprint density at radius 1 is 1.35 bits per heavy atom. The molecule has 0 spiro atoms. The fraction of sp³-hybridized carbons (Fsp3) is 0.533. The third kappa shape index (κ3) is 2.87. The molecule has 0 amide bonds. The monoisotopic (exact) mass is 232 g/mol. The number of benzene rings is 1. The minimum atomic E-state index is 0.230. The van der Waals surface area contributed by atoms with Crippen molar-refractivity contribution in [1.29, 1.82) is 0 Å². The van der Waals surface area contributed by atoms with Gasteiger partial charge in [0.15, 0.2) is 5.78 Å². The second-order valence-corrected chi connectivity index (χ2v) is 4.98. The van der Waals surface area contributed by atoms with Gasteiger partial charge < -0.3 is 4.74 Å². The fourth-order valence-electron chi connectivity index (χ4n) is 2.62.